The van der Waals surface area contributed by atoms with Crippen molar-refractivity contribution in [2.24, 2.45) is 0 Å². The Bertz CT molecular complexity index is 1000. The van der Waals surface area contributed by atoms with Crippen LogP contribution in [0.4, 0.5) is 11.6 Å². The molecule has 2 bridgehead atoms. The van der Waals surface area contributed by atoms with Gasteiger partial charge < -0.3 is 14.8 Å². The van der Waals surface area contributed by atoms with E-state index in [9.17, 15) is 0 Å². The van der Waals surface area contributed by atoms with Gasteiger partial charge in [0.2, 0.25) is 5.95 Å². The first-order valence-corrected chi connectivity index (χ1v) is 8.83. The third-order valence-electron chi connectivity index (χ3n) is 5.09. The topological polar surface area (TPSA) is 91.9 Å². The summed E-state index contributed by atoms with van der Waals surface area (Å²) in [7, 11) is 0. The smallest absolute Gasteiger partial charge is 0.257 e. The third-order valence-corrected chi connectivity index (χ3v) is 5.09. The lowest BCUT2D eigenvalue weighted by atomic mass is 10.0. The number of ether oxygens (including phenoxy) is 2. The minimum atomic E-state index is -0.139. The number of aromatic nitrogens is 6. The van der Waals surface area contributed by atoms with Gasteiger partial charge in [-0.3, -0.25) is 4.68 Å². The zero-order valence-corrected chi connectivity index (χ0v) is 15.1. The molecule has 0 atom stereocenters. The van der Waals surface area contributed by atoms with E-state index in [1.165, 1.54) is 0 Å². The second-order valence-electron chi connectivity index (χ2n) is 7.23. The van der Waals surface area contributed by atoms with Gasteiger partial charge in [0.1, 0.15) is 11.2 Å². The Hall–Kier alpha value is -2.68. The summed E-state index contributed by atoms with van der Waals surface area (Å²) in [6.07, 6.45) is 2.64. The molecule has 26 heavy (non-hydrogen) atoms. The molecule has 2 aliphatic heterocycles. The molecule has 1 N–H and O–H groups in total. The van der Waals surface area contributed by atoms with Crippen LogP contribution in [0.5, 0.6) is 5.88 Å². The first-order valence-electron chi connectivity index (χ1n) is 8.83. The van der Waals surface area contributed by atoms with Crippen LogP contribution >= 0.6 is 0 Å². The fourth-order valence-corrected chi connectivity index (χ4v) is 3.58. The number of nitrogens with one attached hydrogen (secondary N) is 1. The lowest BCUT2D eigenvalue weighted by molar-refractivity contribution is -0.0970. The van der Waals surface area contributed by atoms with Gasteiger partial charge in [-0.25, -0.2) is 9.67 Å². The van der Waals surface area contributed by atoms with Crippen molar-refractivity contribution in [3.63, 3.8) is 0 Å². The normalized spacial score (nSPS) is 18.6. The predicted molar refractivity (Wildman–Crippen MR) is 94.9 cm³/mol. The average Bonchev–Trinajstić information content (AvgIpc) is 3.07. The summed E-state index contributed by atoms with van der Waals surface area (Å²) in [6.45, 7) is 8.73. The van der Waals surface area contributed by atoms with E-state index in [1.54, 1.807) is 0 Å². The Morgan fingerprint density at radius 2 is 2.08 bits per heavy atom. The molecule has 2 aliphatic rings. The van der Waals surface area contributed by atoms with Crippen molar-refractivity contribution in [2.75, 3.05) is 25.1 Å². The van der Waals surface area contributed by atoms with E-state index < -0.39 is 0 Å². The molecule has 1 saturated heterocycles. The largest absolute Gasteiger partial charge is 0.475 e. The first-order chi connectivity index (χ1) is 12.5. The Balaban J connectivity index is 1.63. The summed E-state index contributed by atoms with van der Waals surface area (Å²) in [4.78, 5) is 9.15. The van der Waals surface area contributed by atoms with Crippen molar-refractivity contribution >= 4 is 22.7 Å². The van der Waals surface area contributed by atoms with Crippen LogP contribution in [0.15, 0.2) is 6.20 Å². The number of fused-ring (bicyclic) bond motifs is 2. The highest BCUT2D eigenvalue weighted by Gasteiger charge is 2.39. The van der Waals surface area contributed by atoms with Gasteiger partial charge in [0.05, 0.1) is 36.6 Å². The summed E-state index contributed by atoms with van der Waals surface area (Å²) in [6, 6.07) is 0. The molecule has 0 amide bonds. The van der Waals surface area contributed by atoms with E-state index in [0.29, 0.717) is 31.6 Å². The van der Waals surface area contributed by atoms with Crippen molar-refractivity contribution in [2.45, 2.75) is 39.3 Å². The average molecular weight is 355 g/mol. The Labute approximate surface area is 150 Å². The minimum Gasteiger partial charge on any atom is -0.475 e. The number of aryl methyl sites for hydroxylation is 2. The van der Waals surface area contributed by atoms with Gasteiger partial charge in [-0.1, -0.05) is 0 Å². The van der Waals surface area contributed by atoms with E-state index >= 15 is 0 Å². The SMILES string of the molecule is Cc1nn2c3nc(ncc13)Nc1c(nn(C3(C)COC3)c1C)OCCC2. The predicted octanol–water partition coefficient (Wildman–Crippen LogP) is 1.91. The zero-order valence-electron chi connectivity index (χ0n) is 15.1. The van der Waals surface area contributed by atoms with E-state index in [2.05, 4.69) is 27.3 Å². The summed E-state index contributed by atoms with van der Waals surface area (Å²) in [5, 5.41) is 13.6. The van der Waals surface area contributed by atoms with Crippen molar-refractivity contribution in [1.82, 2.24) is 29.5 Å². The van der Waals surface area contributed by atoms with Crippen LogP contribution in [0.25, 0.3) is 11.0 Å². The fourth-order valence-electron chi connectivity index (χ4n) is 3.58. The highest BCUT2D eigenvalue weighted by Crippen LogP contribution is 2.36. The molecule has 136 valence electrons. The number of hydrogen-bond acceptors (Lipinski definition) is 7. The van der Waals surface area contributed by atoms with Crippen LogP contribution in [0, 0.1) is 13.8 Å². The Morgan fingerprint density at radius 1 is 1.23 bits per heavy atom. The molecule has 9 heteroatoms. The number of hydrogen-bond donors (Lipinski definition) is 1. The van der Waals surface area contributed by atoms with Gasteiger partial charge in [0.15, 0.2) is 5.65 Å². The monoisotopic (exact) mass is 355 g/mol. The quantitative estimate of drug-likeness (QED) is 0.713. The van der Waals surface area contributed by atoms with Gasteiger partial charge in [-0.05, 0) is 20.8 Å². The Morgan fingerprint density at radius 3 is 2.85 bits per heavy atom. The van der Waals surface area contributed by atoms with Crippen molar-refractivity contribution < 1.29 is 9.47 Å². The molecule has 0 saturated carbocycles. The molecule has 1 fully saturated rings. The summed E-state index contributed by atoms with van der Waals surface area (Å²) in [5.41, 5.74) is 3.43. The van der Waals surface area contributed by atoms with Gasteiger partial charge in [-0.15, -0.1) is 5.10 Å². The fraction of sp³-hybridized carbons (Fsp3) is 0.529. The molecule has 0 unspecified atom stereocenters. The Kier molecular flexibility index (Phi) is 3.24. The van der Waals surface area contributed by atoms with Gasteiger partial charge in [0.25, 0.3) is 5.88 Å². The molecule has 0 aliphatic carbocycles. The first kappa shape index (κ1) is 15.6. The van der Waals surface area contributed by atoms with Crippen molar-refractivity contribution in [1.29, 1.82) is 0 Å². The molecule has 3 aromatic rings. The van der Waals surface area contributed by atoms with Crippen LogP contribution in [-0.2, 0) is 16.8 Å². The summed E-state index contributed by atoms with van der Waals surface area (Å²) >= 11 is 0. The maximum atomic E-state index is 5.99. The van der Waals surface area contributed by atoms with Gasteiger partial charge in [-0.2, -0.15) is 10.1 Å². The summed E-state index contributed by atoms with van der Waals surface area (Å²) in [5.74, 6) is 1.10. The van der Waals surface area contributed by atoms with Crippen molar-refractivity contribution in [3.8, 4) is 5.88 Å². The molecule has 9 nitrogen and oxygen atoms in total. The molecule has 5 heterocycles. The number of nitrogens with zero attached hydrogens (tertiary/aromatic N) is 6. The van der Waals surface area contributed by atoms with Gasteiger partial charge >= 0.3 is 0 Å². The number of anilines is 2. The van der Waals surface area contributed by atoms with Crippen molar-refractivity contribution in [3.05, 3.63) is 17.6 Å². The highest BCUT2D eigenvalue weighted by molar-refractivity contribution is 5.79. The standard InChI is InChI=1S/C17H21N7O2/c1-10-12-7-18-16-19-13-11(2)24(17(3)8-25-9-17)22-15(13)26-6-4-5-23(21-10)14(12)20-16/h7H,4-6,8-9H2,1-3H3,(H,18,19,20). The van der Waals surface area contributed by atoms with Crippen LogP contribution in [0.1, 0.15) is 24.7 Å². The van der Waals surface area contributed by atoms with Crippen LogP contribution in [0.3, 0.4) is 0 Å². The lowest BCUT2D eigenvalue weighted by Crippen LogP contribution is -2.50. The highest BCUT2D eigenvalue weighted by atomic mass is 16.5. The van der Waals surface area contributed by atoms with Gasteiger partial charge in [0, 0.05) is 19.2 Å². The van der Waals surface area contributed by atoms with E-state index in [0.717, 1.165) is 41.1 Å². The minimum absolute atomic E-state index is 0.139. The molecule has 0 aromatic carbocycles. The third kappa shape index (κ3) is 2.20. The van der Waals surface area contributed by atoms with Crippen LogP contribution < -0.4 is 10.1 Å². The molecule has 3 aromatic heterocycles. The summed E-state index contributed by atoms with van der Waals surface area (Å²) < 4.78 is 15.3. The molecule has 5 rings (SSSR count). The van der Waals surface area contributed by atoms with Crippen LogP contribution in [-0.4, -0.2) is 49.3 Å². The molecular formula is C17H21N7O2. The molecule has 0 spiro atoms. The molecule has 0 radical (unpaired) electrons. The maximum absolute atomic E-state index is 5.99. The van der Waals surface area contributed by atoms with E-state index in [-0.39, 0.29) is 5.54 Å². The second-order valence-corrected chi connectivity index (χ2v) is 7.23. The zero-order chi connectivity index (χ0) is 17.9. The second kappa shape index (κ2) is 5.41. The van der Waals surface area contributed by atoms with E-state index in [1.807, 2.05) is 29.4 Å². The molecular weight excluding hydrogens is 334 g/mol. The number of rotatable bonds is 1. The van der Waals surface area contributed by atoms with E-state index in [4.69, 9.17) is 14.6 Å². The lowest BCUT2D eigenvalue weighted by Gasteiger charge is -2.38. The maximum Gasteiger partial charge on any atom is 0.257 e. The van der Waals surface area contributed by atoms with Crippen LogP contribution in [0.2, 0.25) is 0 Å².